The number of hydrogen-bond donors (Lipinski definition) is 0. The van der Waals surface area contributed by atoms with Crippen molar-refractivity contribution in [3.63, 3.8) is 0 Å². The number of carbonyl (C=O) groups excluding carboxylic acids is 1. The maximum atomic E-state index is 13.8. The van der Waals surface area contributed by atoms with E-state index in [1.807, 2.05) is 31.2 Å². The Morgan fingerprint density at radius 2 is 1.95 bits per heavy atom. The Kier molecular flexibility index (Phi) is 6.83. The fourth-order valence-corrected chi connectivity index (χ4v) is 5.52. The standard InChI is InChI=1S/C27H25ClN2O6S/c1-5-33-18-8-6-16(7-9-18)24-23(26(32)36-14(2)3)15(4)29-27-30(24)25(31)22(37-27)11-17-10-20-21(12-19(17)28)35-13-34-20/h6-12,14,24H,5,13H2,1-4H3/b22-11+/t24-/m0/s1. The van der Waals surface area contributed by atoms with Gasteiger partial charge in [-0.05, 0) is 63.1 Å². The first-order valence-corrected chi connectivity index (χ1v) is 13.0. The molecule has 0 N–H and O–H groups in total. The number of nitrogens with zero attached hydrogens (tertiary/aromatic N) is 2. The summed E-state index contributed by atoms with van der Waals surface area (Å²) in [5.41, 5.74) is 1.88. The van der Waals surface area contributed by atoms with Gasteiger partial charge >= 0.3 is 5.97 Å². The van der Waals surface area contributed by atoms with Crippen LogP contribution in [0.1, 0.15) is 44.9 Å². The molecule has 2 aliphatic heterocycles. The molecule has 8 nitrogen and oxygen atoms in total. The minimum atomic E-state index is -0.715. The van der Waals surface area contributed by atoms with Gasteiger partial charge in [0.25, 0.3) is 5.56 Å². The summed E-state index contributed by atoms with van der Waals surface area (Å²) < 4.78 is 23.9. The molecule has 2 aromatic carbocycles. The van der Waals surface area contributed by atoms with Gasteiger partial charge in [0.2, 0.25) is 6.79 Å². The van der Waals surface area contributed by atoms with Crippen LogP contribution in [0, 0.1) is 0 Å². The first-order valence-electron chi connectivity index (χ1n) is 11.8. The minimum Gasteiger partial charge on any atom is -0.494 e. The Labute approximate surface area is 222 Å². The lowest BCUT2D eigenvalue weighted by atomic mass is 9.96. The summed E-state index contributed by atoms with van der Waals surface area (Å²) in [5, 5.41) is 0.426. The second kappa shape index (κ2) is 10.1. The third kappa shape index (κ3) is 4.76. The normalized spacial score (nSPS) is 16.6. The second-order valence-electron chi connectivity index (χ2n) is 8.76. The molecule has 37 heavy (non-hydrogen) atoms. The SMILES string of the molecule is CCOc1ccc([C@H]2C(C(=O)OC(C)C)=C(C)N=c3s/c(=C/c4cc5c(cc4Cl)OCO5)c(=O)n32)cc1. The Bertz CT molecular complexity index is 1590. The summed E-state index contributed by atoms with van der Waals surface area (Å²) >= 11 is 7.69. The smallest absolute Gasteiger partial charge is 0.338 e. The minimum absolute atomic E-state index is 0.119. The predicted octanol–water partition coefficient (Wildman–Crippen LogP) is 3.97. The topological polar surface area (TPSA) is 88.4 Å². The van der Waals surface area contributed by atoms with E-state index in [2.05, 4.69) is 4.99 Å². The van der Waals surface area contributed by atoms with Crippen LogP contribution in [0.5, 0.6) is 17.2 Å². The van der Waals surface area contributed by atoms with E-state index in [-0.39, 0.29) is 18.5 Å². The van der Waals surface area contributed by atoms with Crippen LogP contribution in [0.25, 0.3) is 6.08 Å². The van der Waals surface area contributed by atoms with Crippen LogP contribution in [0.15, 0.2) is 57.5 Å². The largest absolute Gasteiger partial charge is 0.494 e. The number of esters is 1. The summed E-state index contributed by atoms with van der Waals surface area (Å²) in [7, 11) is 0. The van der Waals surface area contributed by atoms with Crippen molar-refractivity contribution in [1.82, 2.24) is 4.57 Å². The number of aromatic nitrogens is 1. The van der Waals surface area contributed by atoms with Gasteiger partial charge in [-0.1, -0.05) is 35.1 Å². The van der Waals surface area contributed by atoms with Gasteiger partial charge in [-0.2, -0.15) is 0 Å². The van der Waals surface area contributed by atoms with Crippen LogP contribution in [0.2, 0.25) is 5.02 Å². The first kappa shape index (κ1) is 25.1. The van der Waals surface area contributed by atoms with Crippen molar-refractivity contribution in [3.05, 3.63) is 83.5 Å². The van der Waals surface area contributed by atoms with E-state index in [4.69, 9.17) is 30.5 Å². The van der Waals surface area contributed by atoms with Crippen molar-refractivity contribution in [2.45, 2.75) is 39.8 Å². The molecule has 3 aromatic rings. The highest BCUT2D eigenvalue weighted by molar-refractivity contribution is 7.07. The summed E-state index contributed by atoms with van der Waals surface area (Å²) in [6.45, 7) is 7.87. The molecule has 5 rings (SSSR count). The second-order valence-corrected chi connectivity index (χ2v) is 10.2. The van der Waals surface area contributed by atoms with Crippen molar-refractivity contribution in [3.8, 4) is 17.2 Å². The quantitative estimate of drug-likeness (QED) is 0.440. The van der Waals surface area contributed by atoms with E-state index in [1.54, 1.807) is 39.0 Å². The zero-order valence-electron chi connectivity index (χ0n) is 20.7. The molecule has 1 atom stereocenters. The number of thiazole rings is 1. The maximum absolute atomic E-state index is 13.8. The third-order valence-corrected chi connectivity index (χ3v) is 7.18. The Balaban J connectivity index is 1.68. The number of rotatable bonds is 6. The Morgan fingerprint density at radius 3 is 2.62 bits per heavy atom. The van der Waals surface area contributed by atoms with Gasteiger partial charge in [0.05, 0.1) is 39.6 Å². The number of ether oxygens (including phenoxy) is 4. The van der Waals surface area contributed by atoms with Crippen LogP contribution in [0.4, 0.5) is 0 Å². The fraction of sp³-hybridized carbons (Fsp3) is 0.296. The molecule has 0 fully saturated rings. The number of allylic oxidation sites excluding steroid dienone is 1. The molecule has 1 aromatic heterocycles. The zero-order chi connectivity index (χ0) is 26.3. The molecule has 0 saturated carbocycles. The van der Waals surface area contributed by atoms with E-state index < -0.39 is 12.0 Å². The summed E-state index contributed by atoms with van der Waals surface area (Å²) in [6.07, 6.45) is 1.38. The number of benzene rings is 2. The molecule has 0 spiro atoms. The summed E-state index contributed by atoms with van der Waals surface area (Å²) in [4.78, 5) is 32.1. The van der Waals surface area contributed by atoms with Crippen LogP contribution in [-0.2, 0) is 9.53 Å². The highest BCUT2D eigenvalue weighted by atomic mass is 35.5. The van der Waals surface area contributed by atoms with Gasteiger partial charge < -0.3 is 18.9 Å². The van der Waals surface area contributed by atoms with E-state index in [0.29, 0.717) is 55.0 Å². The van der Waals surface area contributed by atoms with E-state index >= 15 is 0 Å². The molecule has 0 saturated heterocycles. The Morgan fingerprint density at radius 1 is 1.24 bits per heavy atom. The zero-order valence-corrected chi connectivity index (χ0v) is 22.3. The molecule has 0 aliphatic carbocycles. The Hall–Kier alpha value is -3.56. The average molecular weight is 541 g/mol. The van der Waals surface area contributed by atoms with Gasteiger partial charge in [-0.25, -0.2) is 9.79 Å². The molecular weight excluding hydrogens is 516 g/mol. The number of fused-ring (bicyclic) bond motifs is 2. The van der Waals surface area contributed by atoms with Crippen LogP contribution in [-0.4, -0.2) is 30.0 Å². The fourth-order valence-electron chi connectivity index (χ4n) is 4.27. The number of halogens is 1. The van der Waals surface area contributed by atoms with Gasteiger partial charge in [0.15, 0.2) is 16.3 Å². The summed E-state index contributed by atoms with van der Waals surface area (Å²) in [5.74, 6) is 1.31. The lowest BCUT2D eigenvalue weighted by Crippen LogP contribution is -2.40. The molecule has 192 valence electrons. The molecule has 2 aliphatic rings. The van der Waals surface area contributed by atoms with Gasteiger partial charge in [-0.15, -0.1) is 0 Å². The number of carbonyl (C=O) groups is 1. The highest BCUT2D eigenvalue weighted by Gasteiger charge is 2.34. The summed E-state index contributed by atoms with van der Waals surface area (Å²) in [6, 6.07) is 10.0. The van der Waals surface area contributed by atoms with E-state index in [1.165, 1.54) is 15.9 Å². The van der Waals surface area contributed by atoms with Gasteiger partial charge in [0.1, 0.15) is 5.75 Å². The van der Waals surface area contributed by atoms with Crippen molar-refractivity contribution < 1.29 is 23.7 Å². The van der Waals surface area contributed by atoms with Crippen molar-refractivity contribution in [2.75, 3.05) is 13.4 Å². The van der Waals surface area contributed by atoms with E-state index in [0.717, 1.165) is 5.56 Å². The number of hydrogen-bond acceptors (Lipinski definition) is 8. The monoisotopic (exact) mass is 540 g/mol. The average Bonchev–Trinajstić information content (AvgIpc) is 3.42. The van der Waals surface area contributed by atoms with Gasteiger partial charge in [0, 0.05) is 6.07 Å². The van der Waals surface area contributed by atoms with Crippen molar-refractivity contribution in [1.29, 1.82) is 0 Å². The molecule has 0 radical (unpaired) electrons. The lowest BCUT2D eigenvalue weighted by Gasteiger charge is -2.25. The lowest BCUT2D eigenvalue weighted by molar-refractivity contribution is -0.143. The molecule has 0 unspecified atom stereocenters. The van der Waals surface area contributed by atoms with Crippen LogP contribution >= 0.6 is 22.9 Å². The van der Waals surface area contributed by atoms with Gasteiger partial charge in [-0.3, -0.25) is 9.36 Å². The first-order chi connectivity index (χ1) is 17.8. The highest BCUT2D eigenvalue weighted by Crippen LogP contribution is 2.37. The predicted molar refractivity (Wildman–Crippen MR) is 140 cm³/mol. The van der Waals surface area contributed by atoms with E-state index in [9.17, 15) is 9.59 Å². The maximum Gasteiger partial charge on any atom is 0.338 e. The molecule has 0 bridgehead atoms. The van der Waals surface area contributed by atoms with Crippen LogP contribution in [0.3, 0.4) is 0 Å². The molecule has 3 heterocycles. The molecule has 10 heteroatoms. The molecule has 0 amide bonds. The third-order valence-electron chi connectivity index (χ3n) is 5.87. The van der Waals surface area contributed by atoms with Crippen LogP contribution < -0.4 is 29.1 Å². The van der Waals surface area contributed by atoms with Crippen molar-refractivity contribution in [2.24, 2.45) is 4.99 Å². The molecular formula is C27H25ClN2O6S. The van der Waals surface area contributed by atoms with Crippen molar-refractivity contribution >= 4 is 35.0 Å².